The van der Waals surface area contributed by atoms with Crippen LogP contribution in [0.3, 0.4) is 0 Å². The van der Waals surface area contributed by atoms with Crippen LogP contribution < -0.4 is 10.6 Å². The van der Waals surface area contributed by atoms with E-state index in [-0.39, 0.29) is 41.9 Å². The zero-order valence-electron chi connectivity index (χ0n) is 17.1. The molecule has 1 unspecified atom stereocenters. The van der Waals surface area contributed by atoms with Crippen LogP contribution in [-0.4, -0.2) is 56.6 Å². The first kappa shape index (κ1) is 25.0. The predicted molar refractivity (Wildman–Crippen MR) is 126 cm³/mol. The van der Waals surface area contributed by atoms with Gasteiger partial charge in [0.05, 0.1) is 6.10 Å². The third-order valence-electron chi connectivity index (χ3n) is 4.82. The van der Waals surface area contributed by atoms with Crippen LogP contribution in [0.4, 0.5) is 0 Å². The third kappa shape index (κ3) is 7.40. The molecular weight excluding hydrogens is 491 g/mol. The standard InChI is InChI=1S/C20H31ClN4O2.HI/c1-14(2)19(26)25-10-8-17(9-11-25)24-20(22-3)23-13-18(27-4)15-6-5-7-16(21)12-15;/h5-7,12,14,17-18H,8-11,13H2,1-4H3,(H2,22,23,24);1H. The van der Waals surface area contributed by atoms with Crippen molar-refractivity contribution in [2.75, 3.05) is 33.8 Å². The van der Waals surface area contributed by atoms with E-state index in [1.807, 2.05) is 43.0 Å². The highest BCUT2D eigenvalue weighted by Crippen LogP contribution is 2.20. The maximum Gasteiger partial charge on any atom is 0.225 e. The summed E-state index contributed by atoms with van der Waals surface area (Å²) in [7, 11) is 3.44. The number of ether oxygens (including phenoxy) is 1. The Morgan fingerprint density at radius 2 is 2.04 bits per heavy atom. The fourth-order valence-electron chi connectivity index (χ4n) is 3.23. The first-order valence-electron chi connectivity index (χ1n) is 9.48. The minimum absolute atomic E-state index is 0. The van der Waals surface area contributed by atoms with Crippen LogP contribution >= 0.6 is 35.6 Å². The number of amides is 1. The van der Waals surface area contributed by atoms with Gasteiger partial charge in [0.25, 0.3) is 0 Å². The first-order valence-corrected chi connectivity index (χ1v) is 9.86. The van der Waals surface area contributed by atoms with E-state index in [1.54, 1.807) is 14.2 Å². The molecular formula is C20H32ClIN4O2. The second-order valence-corrected chi connectivity index (χ2v) is 7.57. The molecule has 1 aromatic rings. The number of benzene rings is 1. The molecule has 0 spiro atoms. The van der Waals surface area contributed by atoms with Gasteiger partial charge in [-0.25, -0.2) is 0 Å². The van der Waals surface area contributed by atoms with Crippen LogP contribution in [-0.2, 0) is 9.53 Å². The number of hydrogen-bond donors (Lipinski definition) is 2. The van der Waals surface area contributed by atoms with Crippen molar-refractivity contribution in [3.05, 3.63) is 34.9 Å². The number of guanidine groups is 1. The number of hydrogen-bond acceptors (Lipinski definition) is 3. The van der Waals surface area contributed by atoms with Crippen molar-refractivity contribution >= 4 is 47.4 Å². The SMILES string of the molecule is CN=C(NCC(OC)c1cccc(Cl)c1)NC1CCN(C(=O)C(C)C)CC1.I. The largest absolute Gasteiger partial charge is 0.375 e. The lowest BCUT2D eigenvalue weighted by Gasteiger charge is -2.34. The molecule has 1 heterocycles. The maximum atomic E-state index is 12.1. The van der Waals surface area contributed by atoms with E-state index in [0.717, 1.165) is 37.5 Å². The molecule has 1 aliphatic heterocycles. The summed E-state index contributed by atoms with van der Waals surface area (Å²) in [6.07, 6.45) is 1.72. The quantitative estimate of drug-likeness (QED) is 0.341. The van der Waals surface area contributed by atoms with Gasteiger partial charge in [0.15, 0.2) is 5.96 Å². The Morgan fingerprint density at radius 3 is 2.57 bits per heavy atom. The Hall–Kier alpha value is -1.06. The summed E-state index contributed by atoms with van der Waals surface area (Å²) < 4.78 is 5.59. The summed E-state index contributed by atoms with van der Waals surface area (Å²) in [6.45, 7) is 6.06. The fourth-order valence-corrected chi connectivity index (χ4v) is 3.43. The number of rotatable bonds is 6. The summed E-state index contributed by atoms with van der Waals surface area (Å²) >= 11 is 6.08. The van der Waals surface area contributed by atoms with Gasteiger partial charge in [0.2, 0.25) is 5.91 Å². The predicted octanol–water partition coefficient (Wildman–Crippen LogP) is 3.46. The van der Waals surface area contributed by atoms with E-state index in [0.29, 0.717) is 17.6 Å². The zero-order chi connectivity index (χ0) is 19.8. The molecule has 2 N–H and O–H groups in total. The number of carbonyl (C=O) groups is 1. The van der Waals surface area contributed by atoms with Crippen LogP contribution in [0.25, 0.3) is 0 Å². The van der Waals surface area contributed by atoms with Gasteiger partial charge in [-0.2, -0.15) is 0 Å². The monoisotopic (exact) mass is 522 g/mol. The van der Waals surface area contributed by atoms with Crippen molar-refractivity contribution in [2.24, 2.45) is 10.9 Å². The van der Waals surface area contributed by atoms with E-state index in [9.17, 15) is 4.79 Å². The number of likely N-dealkylation sites (tertiary alicyclic amines) is 1. The molecule has 1 amide bonds. The number of carbonyl (C=O) groups excluding carboxylic acids is 1. The molecule has 8 heteroatoms. The molecule has 6 nitrogen and oxygen atoms in total. The number of piperidine rings is 1. The Balaban J connectivity index is 0.00000392. The molecule has 1 aromatic carbocycles. The van der Waals surface area contributed by atoms with Gasteiger partial charge in [-0.1, -0.05) is 37.6 Å². The number of methoxy groups -OCH3 is 1. The number of nitrogens with zero attached hydrogens (tertiary/aromatic N) is 2. The molecule has 28 heavy (non-hydrogen) atoms. The average molecular weight is 523 g/mol. The first-order chi connectivity index (χ1) is 12.9. The molecule has 0 saturated carbocycles. The number of aliphatic imine (C=N–C) groups is 1. The van der Waals surface area contributed by atoms with E-state index in [2.05, 4.69) is 15.6 Å². The number of nitrogens with one attached hydrogen (secondary N) is 2. The molecule has 0 bridgehead atoms. The Kier molecular flexibility index (Phi) is 11.1. The summed E-state index contributed by atoms with van der Waals surface area (Å²) in [4.78, 5) is 18.4. The highest BCUT2D eigenvalue weighted by atomic mass is 127. The van der Waals surface area contributed by atoms with Gasteiger partial charge in [-0.3, -0.25) is 9.79 Å². The van der Waals surface area contributed by atoms with Gasteiger partial charge in [0.1, 0.15) is 0 Å². The maximum absolute atomic E-state index is 12.1. The molecule has 1 saturated heterocycles. The molecule has 1 aliphatic rings. The van der Waals surface area contributed by atoms with Crippen molar-refractivity contribution in [2.45, 2.75) is 38.8 Å². The Morgan fingerprint density at radius 1 is 1.36 bits per heavy atom. The lowest BCUT2D eigenvalue weighted by molar-refractivity contribution is -0.135. The van der Waals surface area contributed by atoms with Crippen molar-refractivity contribution in [1.29, 1.82) is 0 Å². The average Bonchev–Trinajstić information content (AvgIpc) is 2.67. The third-order valence-corrected chi connectivity index (χ3v) is 5.06. The summed E-state index contributed by atoms with van der Waals surface area (Å²) in [6, 6.07) is 7.99. The Labute approximate surface area is 190 Å². The lowest BCUT2D eigenvalue weighted by Crippen LogP contribution is -2.50. The molecule has 1 atom stereocenters. The minimum Gasteiger partial charge on any atom is -0.375 e. The van der Waals surface area contributed by atoms with Crippen LogP contribution in [0.5, 0.6) is 0 Å². The van der Waals surface area contributed by atoms with Crippen LogP contribution in [0.15, 0.2) is 29.3 Å². The van der Waals surface area contributed by atoms with Crippen LogP contribution in [0.1, 0.15) is 38.4 Å². The van der Waals surface area contributed by atoms with Crippen LogP contribution in [0, 0.1) is 5.92 Å². The van der Waals surface area contributed by atoms with E-state index < -0.39 is 0 Å². The molecule has 2 rings (SSSR count). The summed E-state index contributed by atoms with van der Waals surface area (Å²) in [5.74, 6) is 1.04. The molecule has 158 valence electrons. The molecule has 1 fully saturated rings. The van der Waals surface area contributed by atoms with Crippen molar-refractivity contribution in [3.63, 3.8) is 0 Å². The molecule has 0 radical (unpaired) electrons. The highest BCUT2D eigenvalue weighted by Gasteiger charge is 2.24. The lowest BCUT2D eigenvalue weighted by atomic mass is 10.0. The second-order valence-electron chi connectivity index (χ2n) is 7.13. The van der Waals surface area contributed by atoms with Crippen molar-refractivity contribution in [3.8, 4) is 0 Å². The molecule has 0 aliphatic carbocycles. The smallest absolute Gasteiger partial charge is 0.225 e. The minimum atomic E-state index is -0.118. The molecule has 0 aromatic heterocycles. The second kappa shape index (κ2) is 12.5. The summed E-state index contributed by atoms with van der Waals surface area (Å²) in [5.41, 5.74) is 1.02. The highest BCUT2D eigenvalue weighted by molar-refractivity contribution is 14.0. The van der Waals surface area contributed by atoms with E-state index in [4.69, 9.17) is 16.3 Å². The van der Waals surface area contributed by atoms with Gasteiger partial charge >= 0.3 is 0 Å². The van der Waals surface area contributed by atoms with Crippen LogP contribution in [0.2, 0.25) is 5.02 Å². The zero-order valence-corrected chi connectivity index (χ0v) is 20.2. The van der Waals surface area contributed by atoms with Gasteiger partial charge in [-0.15, -0.1) is 24.0 Å². The van der Waals surface area contributed by atoms with E-state index in [1.165, 1.54) is 0 Å². The van der Waals surface area contributed by atoms with E-state index >= 15 is 0 Å². The normalized spacial score (nSPS) is 16.5. The van der Waals surface area contributed by atoms with Crippen molar-refractivity contribution < 1.29 is 9.53 Å². The topological polar surface area (TPSA) is 66.0 Å². The number of halogens is 2. The van der Waals surface area contributed by atoms with Crippen molar-refractivity contribution in [1.82, 2.24) is 15.5 Å². The fraction of sp³-hybridized carbons (Fsp3) is 0.600. The summed E-state index contributed by atoms with van der Waals surface area (Å²) in [5, 5.41) is 7.48. The Bertz CT molecular complexity index is 649. The van der Waals surface area contributed by atoms with Gasteiger partial charge < -0.3 is 20.3 Å². The van der Waals surface area contributed by atoms with Gasteiger partial charge in [-0.05, 0) is 30.5 Å². The van der Waals surface area contributed by atoms with Gasteiger partial charge in [0, 0.05) is 50.8 Å².